The fourth-order valence-corrected chi connectivity index (χ4v) is 0.628. The van der Waals surface area contributed by atoms with Gasteiger partial charge in [-0.3, -0.25) is 0 Å². The topological polar surface area (TPSA) is 0 Å². The zero-order chi connectivity index (χ0) is 5.11. The maximum atomic E-state index is 3.65. The quantitative estimate of drug-likeness (QED) is 0.342. The van der Waals surface area contributed by atoms with Crippen LogP contribution in [0.3, 0.4) is 0 Å². The second-order valence-electron chi connectivity index (χ2n) is 1.67. The van der Waals surface area contributed by atoms with Crippen molar-refractivity contribution in [2.24, 2.45) is 5.92 Å². The Morgan fingerprint density at radius 1 is 1.86 bits per heavy atom. The minimum absolute atomic E-state index is 0.569. The number of rotatable bonds is 1. The molecule has 1 aliphatic rings. The minimum Gasteiger partial charge on any atom is -0.129 e. The molecule has 0 fully saturated rings. The summed E-state index contributed by atoms with van der Waals surface area (Å²) in [4.78, 5) is 0. The average Bonchev–Trinajstić information content (AvgIpc) is 2.14. The van der Waals surface area contributed by atoms with Crippen molar-refractivity contribution < 1.29 is 0 Å². The van der Waals surface area contributed by atoms with Crippen LogP contribution in [0, 0.1) is 5.92 Å². The van der Waals surface area contributed by atoms with Gasteiger partial charge in [0.1, 0.15) is 0 Å². The van der Waals surface area contributed by atoms with Crippen molar-refractivity contribution in [1.29, 1.82) is 0 Å². The van der Waals surface area contributed by atoms with Gasteiger partial charge in [0, 0.05) is 5.92 Å². The van der Waals surface area contributed by atoms with Crippen molar-refractivity contribution in [2.75, 3.05) is 0 Å². The van der Waals surface area contributed by atoms with Crippen molar-refractivity contribution in [3.63, 3.8) is 0 Å². The van der Waals surface area contributed by atoms with Crippen LogP contribution in [-0.4, -0.2) is 0 Å². The Morgan fingerprint density at radius 2 is 2.71 bits per heavy atom. The van der Waals surface area contributed by atoms with E-state index >= 15 is 0 Å². The molecule has 0 aromatic heterocycles. The maximum Gasteiger partial charge on any atom is 0.00602 e. The van der Waals surface area contributed by atoms with Gasteiger partial charge in [-0.2, -0.15) is 0 Å². The first-order valence-electron chi connectivity index (χ1n) is 2.47. The molecule has 7 heavy (non-hydrogen) atoms. The second-order valence-corrected chi connectivity index (χ2v) is 1.67. The Hall–Kier alpha value is -0.740. The van der Waals surface area contributed by atoms with Crippen molar-refractivity contribution in [3.8, 4) is 0 Å². The first-order chi connectivity index (χ1) is 3.43. The highest BCUT2D eigenvalue weighted by atomic mass is 14.0. The van der Waals surface area contributed by atoms with Crippen molar-refractivity contribution in [3.05, 3.63) is 30.5 Å². The van der Waals surface area contributed by atoms with Crippen LogP contribution in [0.15, 0.2) is 30.5 Å². The summed E-state index contributed by atoms with van der Waals surface area (Å²) in [5.41, 5.74) is 3.00. The summed E-state index contributed by atoms with van der Waals surface area (Å²) in [5.74, 6) is 0.569. The average molecular weight is 92.1 g/mol. The lowest BCUT2D eigenvalue weighted by atomic mass is 10.1. The number of hydrogen-bond acceptors (Lipinski definition) is 0. The molecule has 0 aromatic rings. The van der Waals surface area contributed by atoms with Crippen molar-refractivity contribution in [2.45, 2.75) is 6.42 Å². The molecule has 1 aliphatic carbocycles. The fraction of sp³-hybridized carbons (Fsp3) is 0.286. The summed E-state index contributed by atoms with van der Waals surface area (Å²) >= 11 is 0. The molecule has 0 spiro atoms. The molecule has 0 N–H and O–H groups in total. The van der Waals surface area contributed by atoms with Crippen LogP contribution in [0.5, 0.6) is 0 Å². The molecule has 0 heteroatoms. The van der Waals surface area contributed by atoms with Crippen LogP contribution >= 0.6 is 0 Å². The van der Waals surface area contributed by atoms with Gasteiger partial charge in [-0.1, -0.05) is 6.08 Å². The molecule has 0 saturated carbocycles. The smallest absolute Gasteiger partial charge is 0.00602 e. The first kappa shape index (κ1) is 4.42. The molecule has 0 heterocycles. The predicted molar refractivity (Wildman–Crippen MR) is 31.0 cm³/mol. The molecule has 0 amide bonds. The molecule has 1 rings (SSSR count). The molecule has 0 aliphatic heterocycles. The van der Waals surface area contributed by atoms with E-state index in [9.17, 15) is 0 Å². The van der Waals surface area contributed by atoms with Crippen LogP contribution < -0.4 is 0 Å². The van der Waals surface area contributed by atoms with Gasteiger partial charge in [0.05, 0.1) is 0 Å². The third kappa shape index (κ3) is 0.819. The highest BCUT2D eigenvalue weighted by molar-refractivity contribution is 5.06. The lowest BCUT2D eigenvalue weighted by Crippen LogP contribution is -1.80. The van der Waals surface area contributed by atoms with E-state index in [0.29, 0.717) is 5.92 Å². The Balaban J connectivity index is 2.52. The maximum absolute atomic E-state index is 3.65. The predicted octanol–water partition coefficient (Wildman–Crippen LogP) is 1.90. The molecule has 0 radical (unpaired) electrons. The van der Waals surface area contributed by atoms with E-state index in [4.69, 9.17) is 0 Å². The summed E-state index contributed by atoms with van der Waals surface area (Å²) in [6.45, 7) is 3.65. The van der Waals surface area contributed by atoms with Gasteiger partial charge < -0.3 is 0 Å². The summed E-state index contributed by atoms with van der Waals surface area (Å²) in [5, 5.41) is 0. The SMILES string of the molecule is C=CC1C=C=CC1. The molecule has 1 atom stereocenters. The van der Waals surface area contributed by atoms with Gasteiger partial charge in [0.25, 0.3) is 0 Å². The molecule has 36 valence electrons. The van der Waals surface area contributed by atoms with Crippen LogP contribution in [0.4, 0.5) is 0 Å². The van der Waals surface area contributed by atoms with Gasteiger partial charge in [0.15, 0.2) is 0 Å². The van der Waals surface area contributed by atoms with Gasteiger partial charge in [-0.15, -0.1) is 12.3 Å². The standard InChI is InChI=1S/C7H8/c1-2-7-5-3-4-6-7/h2-3,6-7H,1,5H2. The van der Waals surface area contributed by atoms with E-state index < -0.39 is 0 Å². The Labute approximate surface area is 43.9 Å². The fourth-order valence-electron chi connectivity index (χ4n) is 0.628. The second kappa shape index (κ2) is 1.81. The van der Waals surface area contributed by atoms with Crippen LogP contribution in [-0.2, 0) is 0 Å². The summed E-state index contributed by atoms with van der Waals surface area (Å²) in [6.07, 6.45) is 7.11. The minimum atomic E-state index is 0.569. The summed E-state index contributed by atoms with van der Waals surface area (Å²) in [6, 6.07) is 0. The van der Waals surface area contributed by atoms with Crippen LogP contribution in [0.2, 0.25) is 0 Å². The zero-order valence-corrected chi connectivity index (χ0v) is 4.22. The van der Waals surface area contributed by atoms with E-state index in [2.05, 4.69) is 12.3 Å². The molecule has 0 saturated heterocycles. The molecule has 0 nitrogen and oxygen atoms in total. The number of hydrogen-bond donors (Lipinski definition) is 0. The third-order valence-corrected chi connectivity index (χ3v) is 1.12. The van der Waals surface area contributed by atoms with Crippen molar-refractivity contribution >= 4 is 0 Å². The Bertz CT molecular complexity index is 125. The van der Waals surface area contributed by atoms with Gasteiger partial charge in [-0.05, 0) is 18.6 Å². The molecule has 0 aromatic carbocycles. The highest BCUT2D eigenvalue weighted by Gasteiger charge is 1.97. The summed E-state index contributed by atoms with van der Waals surface area (Å²) in [7, 11) is 0. The first-order valence-corrected chi connectivity index (χ1v) is 2.47. The number of allylic oxidation sites excluding steroid dienone is 2. The molecular weight excluding hydrogens is 84.1 g/mol. The summed E-state index contributed by atoms with van der Waals surface area (Å²) < 4.78 is 0. The van der Waals surface area contributed by atoms with E-state index in [0.717, 1.165) is 6.42 Å². The van der Waals surface area contributed by atoms with E-state index in [1.807, 2.05) is 18.2 Å². The van der Waals surface area contributed by atoms with E-state index in [-0.39, 0.29) is 0 Å². The van der Waals surface area contributed by atoms with Crippen molar-refractivity contribution in [1.82, 2.24) is 0 Å². The third-order valence-electron chi connectivity index (χ3n) is 1.12. The lowest BCUT2D eigenvalue weighted by molar-refractivity contribution is 0.860. The molecule has 1 unspecified atom stereocenters. The molecular formula is C7H8. The normalized spacial score (nSPS) is 26.0. The lowest BCUT2D eigenvalue weighted by Gasteiger charge is -1.91. The largest absolute Gasteiger partial charge is 0.129 e. The van der Waals surface area contributed by atoms with Gasteiger partial charge >= 0.3 is 0 Å². The van der Waals surface area contributed by atoms with Gasteiger partial charge in [-0.25, -0.2) is 0 Å². The van der Waals surface area contributed by atoms with E-state index in [1.54, 1.807) is 0 Å². The zero-order valence-electron chi connectivity index (χ0n) is 4.22. The monoisotopic (exact) mass is 92.1 g/mol. The van der Waals surface area contributed by atoms with Gasteiger partial charge in [0.2, 0.25) is 0 Å². The van der Waals surface area contributed by atoms with E-state index in [1.165, 1.54) is 0 Å². The Morgan fingerprint density at radius 3 is 3.00 bits per heavy atom. The molecule has 0 bridgehead atoms. The Kier molecular flexibility index (Phi) is 1.14. The van der Waals surface area contributed by atoms with Crippen LogP contribution in [0.25, 0.3) is 0 Å². The van der Waals surface area contributed by atoms with Crippen LogP contribution in [0.1, 0.15) is 6.42 Å². The highest BCUT2D eigenvalue weighted by Crippen LogP contribution is 2.10.